The summed E-state index contributed by atoms with van der Waals surface area (Å²) in [7, 11) is 0. The molecule has 1 aromatic heterocycles. The van der Waals surface area contributed by atoms with Crippen LogP contribution in [0.15, 0.2) is 66.7 Å². The van der Waals surface area contributed by atoms with Gasteiger partial charge in [0.2, 0.25) is 5.91 Å². The van der Waals surface area contributed by atoms with E-state index in [1.165, 1.54) is 18.6 Å². The summed E-state index contributed by atoms with van der Waals surface area (Å²) in [6, 6.07) is 21.2. The Bertz CT molecular complexity index is 1020. The molecule has 1 amide bonds. The number of halogens is 1. The van der Waals surface area contributed by atoms with Gasteiger partial charge in [-0.1, -0.05) is 30.3 Å². The lowest BCUT2D eigenvalue weighted by atomic mass is 10.1. The molecular weight excluding hydrogens is 377 g/mol. The van der Waals surface area contributed by atoms with E-state index in [4.69, 9.17) is 4.98 Å². The lowest BCUT2D eigenvalue weighted by Crippen LogP contribution is -2.23. The molecule has 30 heavy (non-hydrogen) atoms. The fourth-order valence-electron chi connectivity index (χ4n) is 4.12. The van der Waals surface area contributed by atoms with Crippen molar-refractivity contribution in [2.24, 2.45) is 0 Å². The van der Waals surface area contributed by atoms with Gasteiger partial charge in [0.05, 0.1) is 11.7 Å². The molecule has 4 nitrogen and oxygen atoms in total. The molecular formula is C25H26FN3O. The normalized spacial score (nSPS) is 16.5. The lowest BCUT2D eigenvalue weighted by molar-refractivity contribution is -0.114. The molecule has 0 aliphatic carbocycles. The van der Waals surface area contributed by atoms with Crippen molar-refractivity contribution in [1.29, 1.82) is 0 Å². The van der Waals surface area contributed by atoms with E-state index in [9.17, 15) is 9.18 Å². The number of rotatable bonds is 6. The zero-order valence-electron chi connectivity index (χ0n) is 17.1. The van der Waals surface area contributed by atoms with Gasteiger partial charge in [0.25, 0.3) is 0 Å². The predicted octanol–water partition coefficient (Wildman–Crippen LogP) is 5.11. The number of nitrogens with one attached hydrogen (secondary N) is 1. The molecule has 1 fully saturated rings. The van der Waals surface area contributed by atoms with Gasteiger partial charge in [-0.2, -0.15) is 0 Å². The Hall–Kier alpha value is -3.05. The van der Waals surface area contributed by atoms with Crippen molar-refractivity contribution < 1.29 is 9.18 Å². The summed E-state index contributed by atoms with van der Waals surface area (Å²) in [5, 5.41) is 2.80. The van der Waals surface area contributed by atoms with Gasteiger partial charge in [-0.25, -0.2) is 4.39 Å². The molecule has 1 atom stereocenters. The quantitative estimate of drug-likeness (QED) is 0.622. The van der Waals surface area contributed by atoms with Crippen LogP contribution in [0.2, 0.25) is 0 Å². The van der Waals surface area contributed by atoms with Crippen LogP contribution in [0, 0.1) is 5.82 Å². The third-order valence-corrected chi connectivity index (χ3v) is 5.47. The molecule has 1 N–H and O–H groups in total. The van der Waals surface area contributed by atoms with Gasteiger partial charge >= 0.3 is 0 Å². The molecule has 0 radical (unpaired) electrons. The van der Waals surface area contributed by atoms with E-state index < -0.39 is 0 Å². The average molecular weight is 404 g/mol. The van der Waals surface area contributed by atoms with E-state index in [1.54, 1.807) is 12.1 Å². The number of pyridine rings is 1. The molecule has 4 rings (SSSR count). The first-order chi connectivity index (χ1) is 14.6. The monoisotopic (exact) mass is 403 g/mol. The molecule has 0 bridgehead atoms. The second-order valence-corrected chi connectivity index (χ2v) is 7.87. The summed E-state index contributed by atoms with van der Waals surface area (Å²) >= 11 is 0. The van der Waals surface area contributed by atoms with Crippen LogP contribution in [0.5, 0.6) is 0 Å². The summed E-state index contributed by atoms with van der Waals surface area (Å²) in [6.07, 6.45) is 2.85. The molecule has 2 heterocycles. The minimum Gasteiger partial charge on any atom is -0.326 e. The van der Waals surface area contributed by atoms with Crippen molar-refractivity contribution >= 4 is 11.6 Å². The first-order valence-electron chi connectivity index (χ1n) is 10.4. The number of hydrogen-bond acceptors (Lipinski definition) is 3. The van der Waals surface area contributed by atoms with Gasteiger partial charge in [-0.3, -0.25) is 14.7 Å². The maximum absolute atomic E-state index is 13.5. The molecule has 1 aliphatic heterocycles. The Kier molecular flexibility index (Phi) is 6.19. The van der Waals surface area contributed by atoms with Crippen LogP contribution in [0.3, 0.4) is 0 Å². The van der Waals surface area contributed by atoms with E-state index in [1.807, 2.05) is 24.3 Å². The standard InChI is InChI=1S/C25H26FN3O/c1-18(30)27-22-12-10-19(11-13-22)17-29-14-4-9-25(29)24-8-3-7-23(28-24)16-20-5-2-6-21(26)15-20/h2-3,5-8,10-13,15,25H,4,9,14,16-17H2,1H3,(H,27,30). The highest BCUT2D eigenvalue weighted by Crippen LogP contribution is 2.32. The first-order valence-corrected chi connectivity index (χ1v) is 10.4. The zero-order chi connectivity index (χ0) is 20.9. The largest absolute Gasteiger partial charge is 0.326 e. The Morgan fingerprint density at radius 1 is 1.10 bits per heavy atom. The summed E-state index contributed by atoms with van der Waals surface area (Å²) in [5.74, 6) is -0.276. The van der Waals surface area contributed by atoms with Crippen molar-refractivity contribution in [3.63, 3.8) is 0 Å². The van der Waals surface area contributed by atoms with Crippen LogP contribution in [0.25, 0.3) is 0 Å². The molecule has 1 aliphatic rings. The van der Waals surface area contributed by atoms with Gasteiger partial charge in [0, 0.05) is 31.3 Å². The second kappa shape index (κ2) is 9.18. The maximum Gasteiger partial charge on any atom is 0.221 e. The highest BCUT2D eigenvalue weighted by Gasteiger charge is 2.27. The summed E-state index contributed by atoms with van der Waals surface area (Å²) < 4.78 is 13.5. The molecule has 0 spiro atoms. The fraction of sp³-hybridized carbons (Fsp3) is 0.280. The van der Waals surface area contributed by atoms with Gasteiger partial charge < -0.3 is 5.32 Å². The van der Waals surface area contributed by atoms with Crippen molar-refractivity contribution in [3.8, 4) is 0 Å². The number of amides is 1. The molecule has 154 valence electrons. The highest BCUT2D eigenvalue weighted by atomic mass is 19.1. The molecule has 1 saturated heterocycles. The molecule has 0 saturated carbocycles. The van der Waals surface area contributed by atoms with Gasteiger partial charge in [-0.05, 0) is 66.9 Å². The number of aromatic nitrogens is 1. The van der Waals surface area contributed by atoms with Crippen LogP contribution < -0.4 is 5.32 Å². The zero-order valence-corrected chi connectivity index (χ0v) is 17.1. The maximum atomic E-state index is 13.5. The summed E-state index contributed by atoms with van der Waals surface area (Å²) in [4.78, 5) is 18.6. The topological polar surface area (TPSA) is 45.2 Å². The van der Waals surface area contributed by atoms with Crippen molar-refractivity contribution in [1.82, 2.24) is 9.88 Å². The number of hydrogen-bond donors (Lipinski definition) is 1. The molecule has 1 unspecified atom stereocenters. The van der Waals surface area contributed by atoms with E-state index >= 15 is 0 Å². The van der Waals surface area contributed by atoms with E-state index in [0.29, 0.717) is 6.42 Å². The number of carbonyl (C=O) groups is 1. The smallest absolute Gasteiger partial charge is 0.221 e. The fourth-order valence-corrected chi connectivity index (χ4v) is 4.12. The minimum absolute atomic E-state index is 0.0634. The van der Waals surface area contributed by atoms with E-state index in [0.717, 1.165) is 48.6 Å². The minimum atomic E-state index is -0.213. The number of benzene rings is 2. The van der Waals surface area contributed by atoms with Crippen LogP contribution in [-0.4, -0.2) is 22.3 Å². The van der Waals surface area contributed by atoms with Crippen LogP contribution in [0.1, 0.15) is 48.3 Å². The van der Waals surface area contributed by atoms with Crippen LogP contribution >= 0.6 is 0 Å². The number of carbonyl (C=O) groups excluding carboxylic acids is 1. The van der Waals surface area contributed by atoms with Crippen molar-refractivity contribution in [2.75, 3.05) is 11.9 Å². The number of likely N-dealkylation sites (tertiary alicyclic amines) is 1. The Morgan fingerprint density at radius 2 is 1.90 bits per heavy atom. The molecule has 5 heteroatoms. The van der Waals surface area contributed by atoms with Gasteiger partial charge in [0.1, 0.15) is 5.82 Å². The Balaban J connectivity index is 1.46. The number of anilines is 1. The van der Waals surface area contributed by atoms with Crippen LogP contribution in [0.4, 0.5) is 10.1 Å². The van der Waals surface area contributed by atoms with E-state index in [2.05, 4.69) is 34.5 Å². The lowest BCUT2D eigenvalue weighted by Gasteiger charge is -2.24. The Morgan fingerprint density at radius 3 is 2.67 bits per heavy atom. The third kappa shape index (κ3) is 5.10. The van der Waals surface area contributed by atoms with Crippen molar-refractivity contribution in [3.05, 3.63) is 95.1 Å². The predicted molar refractivity (Wildman–Crippen MR) is 117 cm³/mol. The van der Waals surface area contributed by atoms with E-state index in [-0.39, 0.29) is 17.8 Å². The average Bonchev–Trinajstić information content (AvgIpc) is 3.17. The van der Waals surface area contributed by atoms with Gasteiger partial charge in [0.15, 0.2) is 0 Å². The molecule has 3 aromatic rings. The van der Waals surface area contributed by atoms with Crippen LogP contribution in [-0.2, 0) is 17.8 Å². The second-order valence-electron chi connectivity index (χ2n) is 7.87. The first kappa shape index (κ1) is 20.2. The number of nitrogens with zero attached hydrogens (tertiary/aromatic N) is 2. The van der Waals surface area contributed by atoms with Gasteiger partial charge in [-0.15, -0.1) is 0 Å². The summed E-state index contributed by atoms with van der Waals surface area (Å²) in [6.45, 7) is 3.40. The molecule has 2 aromatic carbocycles. The summed E-state index contributed by atoms with van der Waals surface area (Å²) in [5.41, 5.74) is 5.01. The SMILES string of the molecule is CC(=O)Nc1ccc(CN2CCCC2c2cccc(Cc3cccc(F)c3)n2)cc1. The Labute approximate surface area is 176 Å². The van der Waals surface area contributed by atoms with Crippen molar-refractivity contribution in [2.45, 2.75) is 38.8 Å². The highest BCUT2D eigenvalue weighted by molar-refractivity contribution is 5.88. The third-order valence-electron chi connectivity index (χ3n) is 5.47.